The highest BCUT2D eigenvalue weighted by Gasteiger charge is 2.02. The summed E-state index contributed by atoms with van der Waals surface area (Å²) < 4.78 is 5.66. The number of unbranched alkanes of at least 4 members (excludes halogenated alkanes) is 1. The molecule has 0 aliphatic rings. The molecule has 0 spiro atoms. The number of ether oxygens (including phenoxy) is 1. The quantitative estimate of drug-likeness (QED) is 0.672. The fourth-order valence-corrected chi connectivity index (χ4v) is 1.87. The average Bonchev–Trinajstić information content (AvgIpc) is 2.39. The molecule has 0 amide bonds. The summed E-state index contributed by atoms with van der Waals surface area (Å²) in [4.78, 5) is 0. The first-order chi connectivity index (χ1) is 8.76. The van der Waals surface area contributed by atoms with Gasteiger partial charge >= 0.3 is 0 Å². The van der Waals surface area contributed by atoms with E-state index in [1.165, 1.54) is 18.4 Å². The molecule has 0 radical (unpaired) electrons. The summed E-state index contributed by atoms with van der Waals surface area (Å²) in [5.41, 5.74) is 1.37. The molecule has 18 heavy (non-hydrogen) atoms. The van der Waals surface area contributed by atoms with Crippen molar-refractivity contribution in [2.45, 2.75) is 52.5 Å². The molecule has 0 bridgehead atoms. The summed E-state index contributed by atoms with van der Waals surface area (Å²) in [6.07, 6.45) is 4.57. The highest BCUT2D eigenvalue weighted by Crippen LogP contribution is 2.13. The highest BCUT2D eigenvalue weighted by atomic mass is 16.5. The molecule has 1 aromatic rings. The zero-order valence-electron chi connectivity index (χ0n) is 12.0. The Balaban J connectivity index is 2.35. The summed E-state index contributed by atoms with van der Waals surface area (Å²) in [6.45, 7) is 8.53. The maximum absolute atomic E-state index is 5.66. The van der Waals surface area contributed by atoms with Crippen molar-refractivity contribution in [3.63, 3.8) is 0 Å². The van der Waals surface area contributed by atoms with Crippen LogP contribution in [0, 0.1) is 0 Å². The Bertz CT molecular complexity index is 307. The first kappa shape index (κ1) is 15.0. The SMILES string of the molecule is CCCCOc1ccc(CC(C)NCCC)cc1. The molecule has 0 aliphatic carbocycles. The van der Waals surface area contributed by atoms with E-state index in [9.17, 15) is 0 Å². The fourth-order valence-electron chi connectivity index (χ4n) is 1.87. The number of rotatable bonds is 9. The van der Waals surface area contributed by atoms with Gasteiger partial charge in [-0.15, -0.1) is 0 Å². The summed E-state index contributed by atoms with van der Waals surface area (Å²) >= 11 is 0. The van der Waals surface area contributed by atoms with E-state index < -0.39 is 0 Å². The predicted octanol–water partition coefficient (Wildman–Crippen LogP) is 3.80. The number of nitrogens with one attached hydrogen (secondary N) is 1. The Morgan fingerprint density at radius 1 is 1.11 bits per heavy atom. The van der Waals surface area contributed by atoms with Crippen LogP contribution in [0.25, 0.3) is 0 Å². The first-order valence-electron chi connectivity index (χ1n) is 7.21. The van der Waals surface area contributed by atoms with Gasteiger partial charge in [-0.05, 0) is 50.4 Å². The van der Waals surface area contributed by atoms with E-state index in [2.05, 4.69) is 50.4 Å². The number of benzene rings is 1. The van der Waals surface area contributed by atoms with E-state index in [1.54, 1.807) is 0 Å². The van der Waals surface area contributed by atoms with E-state index in [4.69, 9.17) is 4.74 Å². The molecule has 1 atom stereocenters. The standard InChI is InChI=1S/C16H27NO/c1-4-6-12-18-16-9-7-15(8-10-16)13-14(3)17-11-5-2/h7-10,14,17H,4-6,11-13H2,1-3H3. The third-order valence-electron chi connectivity index (χ3n) is 2.97. The van der Waals surface area contributed by atoms with Gasteiger partial charge in [-0.3, -0.25) is 0 Å². The molecular weight excluding hydrogens is 222 g/mol. The zero-order chi connectivity index (χ0) is 13.2. The Hall–Kier alpha value is -1.02. The monoisotopic (exact) mass is 249 g/mol. The third kappa shape index (κ3) is 6.06. The summed E-state index contributed by atoms with van der Waals surface area (Å²) in [7, 11) is 0. The van der Waals surface area contributed by atoms with Crippen LogP contribution in [-0.2, 0) is 6.42 Å². The van der Waals surface area contributed by atoms with Crippen LogP contribution in [0.15, 0.2) is 24.3 Å². The molecule has 2 heteroatoms. The average molecular weight is 249 g/mol. The van der Waals surface area contributed by atoms with Crippen molar-refractivity contribution in [1.82, 2.24) is 5.32 Å². The molecule has 0 fully saturated rings. The van der Waals surface area contributed by atoms with Gasteiger partial charge in [0.05, 0.1) is 6.61 Å². The maximum Gasteiger partial charge on any atom is 0.119 e. The molecule has 0 heterocycles. The van der Waals surface area contributed by atoms with Crippen LogP contribution >= 0.6 is 0 Å². The Kier molecular flexibility index (Phi) is 7.51. The van der Waals surface area contributed by atoms with E-state index in [0.717, 1.165) is 31.7 Å². The van der Waals surface area contributed by atoms with Crippen molar-refractivity contribution in [3.05, 3.63) is 29.8 Å². The van der Waals surface area contributed by atoms with Crippen molar-refractivity contribution in [2.24, 2.45) is 0 Å². The molecule has 1 rings (SSSR count). The van der Waals surface area contributed by atoms with Crippen LogP contribution in [0.1, 0.15) is 45.6 Å². The van der Waals surface area contributed by atoms with Gasteiger partial charge in [0.25, 0.3) is 0 Å². The van der Waals surface area contributed by atoms with Crippen molar-refractivity contribution in [3.8, 4) is 5.75 Å². The normalized spacial score (nSPS) is 12.4. The van der Waals surface area contributed by atoms with Gasteiger partial charge in [0.2, 0.25) is 0 Å². The van der Waals surface area contributed by atoms with Crippen LogP contribution in [-0.4, -0.2) is 19.2 Å². The lowest BCUT2D eigenvalue weighted by molar-refractivity contribution is 0.309. The molecule has 0 saturated carbocycles. The number of hydrogen-bond donors (Lipinski definition) is 1. The molecule has 1 N–H and O–H groups in total. The molecule has 0 aromatic heterocycles. The van der Waals surface area contributed by atoms with Gasteiger partial charge in [0, 0.05) is 6.04 Å². The van der Waals surface area contributed by atoms with Crippen LogP contribution in [0.4, 0.5) is 0 Å². The maximum atomic E-state index is 5.66. The smallest absolute Gasteiger partial charge is 0.119 e. The third-order valence-corrected chi connectivity index (χ3v) is 2.97. The Morgan fingerprint density at radius 2 is 1.83 bits per heavy atom. The molecule has 1 unspecified atom stereocenters. The lowest BCUT2D eigenvalue weighted by Crippen LogP contribution is -2.28. The zero-order valence-corrected chi connectivity index (χ0v) is 12.0. The van der Waals surface area contributed by atoms with Crippen LogP contribution in [0.3, 0.4) is 0 Å². The Morgan fingerprint density at radius 3 is 2.44 bits per heavy atom. The van der Waals surface area contributed by atoms with Crippen molar-refractivity contribution in [2.75, 3.05) is 13.2 Å². The van der Waals surface area contributed by atoms with Crippen LogP contribution in [0.5, 0.6) is 5.75 Å². The van der Waals surface area contributed by atoms with Gasteiger partial charge in [-0.25, -0.2) is 0 Å². The van der Waals surface area contributed by atoms with Crippen molar-refractivity contribution in [1.29, 1.82) is 0 Å². The molecule has 102 valence electrons. The van der Waals surface area contributed by atoms with E-state index in [1.807, 2.05) is 0 Å². The lowest BCUT2D eigenvalue weighted by atomic mass is 10.1. The Labute approximate surface area is 112 Å². The van der Waals surface area contributed by atoms with Gasteiger partial charge in [0.15, 0.2) is 0 Å². The number of hydrogen-bond acceptors (Lipinski definition) is 2. The first-order valence-corrected chi connectivity index (χ1v) is 7.21. The molecule has 0 aliphatic heterocycles. The van der Waals surface area contributed by atoms with Gasteiger partial charge in [-0.2, -0.15) is 0 Å². The molecule has 0 saturated heterocycles. The molecular formula is C16H27NO. The highest BCUT2D eigenvalue weighted by molar-refractivity contribution is 5.27. The van der Waals surface area contributed by atoms with Gasteiger partial charge < -0.3 is 10.1 Å². The predicted molar refractivity (Wildman–Crippen MR) is 78.3 cm³/mol. The van der Waals surface area contributed by atoms with Gasteiger partial charge in [-0.1, -0.05) is 32.4 Å². The van der Waals surface area contributed by atoms with Crippen LogP contribution < -0.4 is 10.1 Å². The minimum atomic E-state index is 0.539. The van der Waals surface area contributed by atoms with E-state index in [-0.39, 0.29) is 0 Å². The van der Waals surface area contributed by atoms with Crippen molar-refractivity contribution < 1.29 is 4.74 Å². The van der Waals surface area contributed by atoms with Crippen molar-refractivity contribution >= 4 is 0 Å². The second-order valence-corrected chi connectivity index (χ2v) is 4.91. The largest absolute Gasteiger partial charge is 0.494 e. The minimum absolute atomic E-state index is 0.539. The summed E-state index contributed by atoms with van der Waals surface area (Å²) in [5.74, 6) is 0.987. The van der Waals surface area contributed by atoms with E-state index >= 15 is 0 Å². The summed E-state index contributed by atoms with van der Waals surface area (Å²) in [6, 6.07) is 9.04. The topological polar surface area (TPSA) is 21.3 Å². The van der Waals surface area contributed by atoms with Crippen LogP contribution in [0.2, 0.25) is 0 Å². The van der Waals surface area contributed by atoms with E-state index in [0.29, 0.717) is 6.04 Å². The second-order valence-electron chi connectivity index (χ2n) is 4.91. The lowest BCUT2D eigenvalue weighted by Gasteiger charge is -2.13. The second kappa shape index (κ2) is 8.98. The summed E-state index contributed by atoms with van der Waals surface area (Å²) in [5, 5.41) is 3.51. The fraction of sp³-hybridized carbons (Fsp3) is 0.625. The molecule has 1 aromatic carbocycles. The minimum Gasteiger partial charge on any atom is -0.494 e. The molecule has 2 nitrogen and oxygen atoms in total. The van der Waals surface area contributed by atoms with Gasteiger partial charge in [0.1, 0.15) is 5.75 Å².